The molecule has 1 saturated heterocycles. The summed E-state index contributed by atoms with van der Waals surface area (Å²) in [6.07, 6.45) is 1.99. The molecule has 0 bridgehead atoms. The molecule has 0 saturated carbocycles. The third-order valence-corrected chi connectivity index (χ3v) is 3.84. The maximum absolute atomic E-state index is 12.5. The van der Waals surface area contributed by atoms with Crippen LogP contribution in [0.2, 0.25) is 0 Å². The van der Waals surface area contributed by atoms with Crippen LogP contribution in [0.25, 0.3) is 0 Å². The van der Waals surface area contributed by atoms with Crippen LogP contribution in [0.5, 0.6) is 0 Å². The van der Waals surface area contributed by atoms with Crippen molar-refractivity contribution in [3.8, 4) is 0 Å². The van der Waals surface area contributed by atoms with E-state index in [1.165, 1.54) is 0 Å². The highest BCUT2D eigenvalue weighted by atomic mass is 16.1. The molecule has 1 aromatic rings. The van der Waals surface area contributed by atoms with Gasteiger partial charge in [0.15, 0.2) is 5.78 Å². The van der Waals surface area contributed by atoms with E-state index in [-0.39, 0.29) is 11.8 Å². The summed E-state index contributed by atoms with van der Waals surface area (Å²) in [4.78, 5) is 14.8. The number of carbonyl (C=O) groups excluding carboxylic acids is 1. The summed E-state index contributed by atoms with van der Waals surface area (Å²) in [5.41, 5.74) is 6.53. The summed E-state index contributed by atoms with van der Waals surface area (Å²) in [6.45, 7) is 4.78. The van der Waals surface area contributed by atoms with Gasteiger partial charge in [-0.3, -0.25) is 9.69 Å². The van der Waals surface area contributed by atoms with Gasteiger partial charge in [-0.25, -0.2) is 0 Å². The van der Waals surface area contributed by atoms with Crippen LogP contribution in [0.4, 0.5) is 0 Å². The standard InChI is InChI=1S/C15H22N2O/c1-2-14(17-9-8-12(10-16)11-17)15(18)13-6-4-3-5-7-13/h3-7,12,14H,2,8-11,16H2,1H3. The summed E-state index contributed by atoms with van der Waals surface area (Å²) >= 11 is 0. The summed E-state index contributed by atoms with van der Waals surface area (Å²) in [5, 5.41) is 0. The number of likely N-dealkylation sites (tertiary alicyclic amines) is 1. The lowest BCUT2D eigenvalue weighted by atomic mass is 10.0. The van der Waals surface area contributed by atoms with Gasteiger partial charge in [0.05, 0.1) is 6.04 Å². The molecule has 0 radical (unpaired) electrons. The van der Waals surface area contributed by atoms with Gasteiger partial charge in [0.25, 0.3) is 0 Å². The molecular formula is C15H22N2O. The molecule has 0 spiro atoms. The molecule has 2 atom stereocenters. The minimum Gasteiger partial charge on any atom is -0.330 e. The molecule has 2 N–H and O–H groups in total. The zero-order chi connectivity index (χ0) is 13.0. The van der Waals surface area contributed by atoms with Gasteiger partial charge in [-0.2, -0.15) is 0 Å². The van der Waals surface area contributed by atoms with E-state index in [1.807, 2.05) is 30.3 Å². The fourth-order valence-electron chi connectivity index (χ4n) is 2.74. The van der Waals surface area contributed by atoms with Crippen molar-refractivity contribution >= 4 is 5.78 Å². The molecule has 1 aliphatic rings. The average molecular weight is 246 g/mol. The molecular weight excluding hydrogens is 224 g/mol. The fourth-order valence-corrected chi connectivity index (χ4v) is 2.74. The van der Waals surface area contributed by atoms with Crippen molar-refractivity contribution in [2.24, 2.45) is 11.7 Å². The first-order chi connectivity index (χ1) is 8.76. The second kappa shape index (κ2) is 6.12. The van der Waals surface area contributed by atoms with Crippen LogP contribution in [0.15, 0.2) is 30.3 Å². The Balaban J connectivity index is 2.07. The number of Topliss-reactive ketones (excluding diaryl/α,β-unsaturated/α-hetero) is 1. The predicted octanol–water partition coefficient (Wildman–Crippen LogP) is 1.93. The Morgan fingerprint density at radius 1 is 1.44 bits per heavy atom. The lowest BCUT2D eigenvalue weighted by molar-refractivity contribution is 0.0840. The van der Waals surface area contributed by atoms with E-state index in [2.05, 4.69) is 11.8 Å². The predicted molar refractivity (Wildman–Crippen MR) is 73.6 cm³/mol. The second-order valence-corrected chi connectivity index (χ2v) is 5.04. The maximum atomic E-state index is 12.5. The quantitative estimate of drug-likeness (QED) is 0.807. The normalized spacial score (nSPS) is 22.0. The molecule has 3 heteroatoms. The van der Waals surface area contributed by atoms with Crippen molar-refractivity contribution in [1.82, 2.24) is 4.90 Å². The Bertz CT molecular complexity index is 391. The maximum Gasteiger partial charge on any atom is 0.179 e. The summed E-state index contributed by atoms with van der Waals surface area (Å²) in [5.74, 6) is 0.804. The van der Waals surface area contributed by atoms with Gasteiger partial charge < -0.3 is 5.73 Å². The SMILES string of the molecule is CCC(C(=O)c1ccccc1)N1CCC(CN)C1. The van der Waals surface area contributed by atoms with Gasteiger partial charge in [-0.1, -0.05) is 37.3 Å². The molecule has 98 valence electrons. The van der Waals surface area contributed by atoms with Crippen LogP contribution < -0.4 is 5.73 Å². The Labute approximate surface area is 109 Å². The first-order valence-corrected chi connectivity index (χ1v) is 6.79. The molecule has 2 rings (SSSR count). The highest BCUT2D eigenvalue weighted by Gasteiger charge is 2.30. The second-order valence-electron chi connectivity index (χ2n) is 5.04. The smallest absolute Gasteiger partial charge is 0.179 e. The van der Waals surface area contributed by atoms with E-state index >= 15 is 0 Å². The number of rotatable bonds is 5. The van der Waals surface area contributed by atoms with Crippen molar-refractivity contribution in [2.45, 2.75) is 25.8 Å². The molecule has 0 amide bonds. The van der Waals surface area contributed by atoms with Crippen molar-refractivity contribution < 1.29 is 4.79 Å². The number of nitrogens with two attached hydrogens (primary N) is 1. The van der Waals surface area contributed by atoms with Gasteiger partial charge in [0, 0.05) is 12.1 Å². The van der Waals surface area contributed by atoms with E-state index in [1.54, 1.807) is 0 Å². The summed E-state index contributed by atoms with van der Waals surface area (Å²) in [7, 11) is 0. The number of nitrogens with zero attached hydrogens (tertiary/aromatic N) is 1. The number of benzene rings is 1. The minimum atomic E-state index is 0.0175. The van der Waals surface area contributed by atoms with Gasteiger partial charge in [0.1, 0.15) is 0 Å². The zero-order valence-corrected chi connectivity index (χ0v) is 11.0. The Kier molecular flexibility index (Phi) is 4.50. The van der Waals surface area contributed by atoms with E-state index in [0.29, 0.717) is 5.92 Å². The molecule has 18 heavy (non-hydrogen) atoms. The number of carbonyl (C=O) groups is 1. The Morgan fingerprint density at radius 2 is 2.17 bits per heavy atom. The van der Waals surface area contributed by atoms with Crippen LogP contribution in [0.3, 0.4) is 0 Å². The molecule has 2 unspecified atom stereocenters. The lowest BCUT2D eigenvalue weighted by Gasteiger charge is -2.25. The third-order valence-electron chi connectivity index (χ3n) is 3.84. The summed E-state index contributed by atoms with van der Waals surface area (Å²) < 4.78 is 0. The minimum absolute atomic E-state index is 0.0175. The first-order valence-electron chi connectivity index (χ1n) is 6.79. The fraction of sp³-hybridized carbons (Fsp3) is 0.533. The molecule has 0 aromatic heterocycles. The number of hydrogen-bond acceptors (Lipinski definition) is 3. The Morgan fingerprint density at radius 3 is 2.72 bits per heavy atom. The van der Waals surface area contributed by atoms with Crippen LogP contribution in [0, 0.1) is 5.92 Å². The zero-order valence-electron chi connectivity index (χ0n) is 11.0. The Hall–Kier alpha value is -1.19. The van der Waals surface area contributed by atoms with Crippen molar-refractivity contribution in [2.75, 3.05) is 19.6 Å². The average Bonchev–Trinajstić information content (AvgIpc) is 2.89. The largest absolute Gasteiger partial charge is 0.330 e. The van der Waals surface area contributed by atoms with Crippen molar-refractivity contribution in [3.05, 3.63) is 35.9 Å². The molecule has 1 heterocycles. The van der Waals surface area contributed by atoms with E-state index in [0.717, 1.165) is 38.0 Å². The van der Waals surface area contributed by atoms with Gasteiger partial charge in [0.2, 0.25) is 0 Å². The van der Waals surface area contributed by atoms with Crippen LogP contribution >= 0.6 is 0 Å². The molecule has 3 nitrogen and oxygen atoms in total. The third kappa shape index (κ3) is 2.79. The summed E-state index contributed by atoms with van der Waals surface area (Å²) in [6, 6.07) is 9.62. The van der Waals surface area contributed by atoms with E-state index in [4.69, 9.17) is 5.73 Å². The van der Waals surface area contributed by atoms with Gasteiger partial charge in [-0.05, 0) is 31.8 Å². The lowest BCUT2D eigenvalue weighted by Crippen LogP contribution is -2.39. The van der Waals surface area contributed by atoms with Crippen molar-refractivity contribution in [1.29, 1.82) is 0 Å². The molecule has 1 fully saturated rings. The molecule has 0 aliphatic carbocycles. The van der Waals surface area contributed by atoms with Gasteiger partial charge >= 0.3 is 0 Å². The highest BCUT2D eigenvalue weighted by molar-refractivity contribution is 6.00. The monoisotopic (exact) mass is 246 g/mol. The topological polar surface area (TPSA) is 46.3 Å². The first kappa shape index (κ1) is 13.2. The molecule has 1 aromatic carbocycles. The van der Waals surface area contributed by atoms with E-state index < -0.39 is 0 Å². The van der Waals surface area contributed by atoms with Crippen LogP contribution in [-0.2, 0) is 0 Å². The van der Waals surface area contributed by atoms with Crippen LogP contribution in [-0.4, -0.2) is 36.4 Å². The van der Waals surface area contributed by atoms with Crippen molar-refractivity contribution in [3.63, 3.8) is 0 Å². The molecule has 1 aliphatic heterocycles. The highest BCUT2D eigenvalue weighted by Crippen LogP contribution is 2.21. The number of hydrogen-bond donors (Lipinski definition) is 1. The van der Waals surface area contributed by atoms with Gasteiger partial charge in [-0.15, -0.1) is 0 Å². The van der Waals surface area contributed by atoms with E-state index in [9.17, 15) is 4.79 Å². The number of ketones is 1. The van der Waals surface area contributed by atoms with Crippen LogP contribution in [0.1, 0.15) is 30.1 Å².